The third-order valence-electron chi connectivity index (χ3n) is 2.67. The Kier molecular flexibility index (Phi) is 4.87. The Morgan fingerprint density at radius 1 is 1.10 bits per heavy atom. The standard InChI is InChI=1S/C15H15N3O3/c1-20-13-10-6-5-9-12(13)17-18-14(21-15(16)19)11-7-3-2-4-8-11/h2-10,14H,1H3,(H2,16,19). The summed E-state index contributed by atoms with van der Waals surface area (Å²) in [5, 5.41) is 8.11. The van der Waals surface area contributed by atoms with Crippen molar-refractivity contribution in [1.82, 2.24) is 0 Å². The fourth-order valence-corrected chi connectivity index (χ4v) is 1.71. The molecule has 0 saturated carbocycles. The van der Waals surface area contributed by atoms with Gasteiger partial charge in [0.05, 0.1) is 7.11 Å². The molecule has 0 saturated heterocycles. The van der Waals surface area contributed by atoms with E-state index in [-0.39, 0.29) is 0 Å². The van der Waals surface area contributed by atoms with Crippen molar-refractivity contribution in [3.8, 4) is 5.75 Å². The molecule has 2 aromatic carbocycles. The third-order valence-corrected chi connectivity index (χ3v) is 2.67. The van der Waals surface area contributed by atoms with E-state index in [1.165, 1.54) is 0 Å². The van der Waals surface area contributed by atoms with E-state index in [0.29, 0.717) is 17.0 Å². The van der Waals surface area contributed by atoms with Crippen LogP contribution >= 0.6 is 0 Å². The van der Waals surface area contributed by atoms with Crippen molar-refractivity contribution in [2.75, 3.05) is 7.11 Å². The molecule has 0 aliphatic carbocycles. The Morgan fingerprint density at radius 2 is 1.76 bits per heavy atom. The van der Waals surface area contributed by atoms with Crippen LogP contribution in [-0.4, -0.2) is 13.2 Å². The molecule has 2 aromatic rings. The lowest BCUT2D eigenvalue weighted by Gasteiger charge is -2.11. The topological polar surface area (TPSA) is 86.3 Å². The maximum atomic E-state index is 11.0. The molecule has 0 radical (unpaired) electrons. The van der Waals surface area contributed by atoms with Crippen molar-refractivity contribution in [2.24, 2.45) is 16.0 Å². The van der Waals surface area contributed by atoms with E-state index in [0.717, 1.165) is 0 Å². The molecule has 1 amide bonds. The minimum absolute atomic E-state index is 0.536. The number of ether oxygens (including phenoxy) is 2. The molecule has 6 nitrogen and oxygen atoms in total. The van der Waals surface area contributed by atoms with Gasteiger partial charge in [-0.3, -0.25) is 0 Å². The van der Waals surface area contributed by atoms with Crippen molar-refractivity contribution in [3.05, 3.63) is 60.2 Å². The fraction of sp³-hybridized carbons (Fsp3) is 0.133. The zero-order valence-electron chi connectivity index (χ0n) is 11.5. The average Bonchev–Trinajstić information content (AvgIpc) is 2.52. The summed E-state index contributed by atoms with van der Waals surface area (Å²) in [6.07, 6.45) is -1.81. The molecule has 0 aromatic heterocycles. The van der Waals surface area contributed by atoms with Gasteiger partial charge in [0.1, 0.15) is 11.4 Å². The van der Waals surface area contributed by atoms with Gasteiger partial charge >= 0.3 is 6.09 Å². The molecule has 0 aliphatic heterocycles. The van der Waals surface area contributed by atoms with Crippen LogP contribution in [0.15, 0.2) is 64.8 Å². The van der Waals surface area contributed by atoms with E-state index < -0.39 is 12.3 Å². The SMILES string of the molecule is COc1ccccc1N=NC(OC(N)=O)c1ccccc1. The number of hydrogen-bond donors (Lipinski definition) is 1. The molecule has 108 valence electrons. The lowest BCUT2D eigenvalue weighted by molar-refractivity contribution is 0.108. The zero-order chi connectivity index (χ0) is 15.1. The van der Waals surface area contributed by atoms with E-state index in [1.807, 2.05) is 30.3 Å². The summed E-state index contributed by atoms with van der Waals surface area (Å²) in [6, 6.07) is 16.2. The number of benzene rings is 2. The number of primary amides is 1. The van der Waals surface area contributed by atoms with Crippen LogP contribution in [0.5, 0.6) is 5.75 Å². The first-order valence-electron chi connectivity index (χ1n) is 6.25. The van der Waals surface area contributed by atoms with Crippen molar-refractivity contribution >= 4 is 11.8 Å². The van der Waals surface area contributed by atoms with E-state index in [2.05, 4.69) is 10.2 Å². The molecule has 0 bridgehead atoms. The van der Waals surface area contributed by atoms with Gasteiger partial charge in [0.25, 0.3) is 0 Å². The van der Waals surface area contributed by atoms with Crippen LogP contribution in [0.3, 0.4) is 0 Å². The number of carbonyl (C=O) groups excluding carboxylic acids is 1. The highest BCUT2D eigenvalue weighted by Crippen LogP contribution is 2.29. The van der Waals surface area contributed by atoms with E-state index in [1.54, 1.807) is 31.4 Å². The first-order chi connectivity index (χ1) is 10.2. The van der Waals surface area contributed by atoms with Crippen LogP contribution in [0, 0.1) is 0 Å². The number of para-hydroxylation sites is 1. The van der Waals surface area contributed by atoms with Crippen molar-refractivity contribution < 1.29 is 14.3 Å². The number of hydrogen-bond acceptors (Lipinski definition) is 5. The maximum absolute atomic E-state index is 11.0. The van der Waals surface area contributed by atoms with E-state index in [9.17, 15) is 4.79 Å². The Balaban J connectivity index is 2.26. The quantitative estimate of drug-likeness (QED) is 0.852. The molecule has 2 N–H and O–H groups in total. The van der Waals surface area contributed by atoms with Crippen LogP contribution in [0.25, 0.3) is 0 Å². The molecule has 6 heteroatoms. The van der Waals surface area contributed by atoms with Gasteiger partial charge in [0.2, 0.25) is 6.23 Å². The Morgan fingerprint density at radius 3 is 2.43 bits per heavy atom. The van der Waals surface area contributed by atoms with Crippen LogP contribution in [0.2, 0.25) is 0 Å². The van der Waals surface area contributed by atoms with Gasteiger partial charge in [-0.25, -0.2) is 4.79 Å². The second-order valence-corrected chi connectivity index (χ2v) is 4.09. The highest BCUT2D eigenvalue weighted by molar-refractivity contribution is 5.65. The zero-order valence-corrected chi connectivity index (χ0v) is 11.5. The number of amides is 1. The van der Waals surface area contributed by atoms with E-state index >= 15 is 0 Å². The van der Waals surface area contributed by atoms with Gasteiger partial charge < -0.3 is 15.2 Å². The maximum Gasteiger partial charge on any atom is 0.406 e. The molecular weight excluding hydrogens is 270 g/mol. The van der Waals surface area contributed by atoms with Crippen LogP contribution in [0.4, 0.5) is 10.5 Å². The molecule has 2 rings (SSSR count). The molecule has 1 atom stereocenters. The summed E-state index contributed by atoms with van der Waals surface area (Å²) >= 11 is 0. The van der Waals surface area contributed by atoms with Crippen molar-refractivity contribution in [2.45, 2.75) is 6.23 Å². The second kappa shape index (κ2) is 7.04. The first-order valence-corrected chi connectivity index (χ1v) is 6.25. The molecule has 0 heterocycles. The highest BCUT2D eigenvalue weighted by atomic mass is 16.6. The van der Waals surface area contributed by atoms with Gasteiger partial charge in [-0.05, 0) is 12.1 Å². The normalized spacial score (nSPS) is 12.0. The molecule has 1 unspecified atom stereocenters. The number of carbonyl (C=O) groups is 1. The first kappa shape index (κ1) is 14.5. The predicted octanol–water partition coefficient (Wildman–Crippen LogP) is 3.57. The van der Waals surface area contributed by atoms with Crippen LogP contribution in [-0.2, 0) is 4.74 Å². The molecule has 0 spiro atoms. The molecule has 0 fully saturated rings. The third kappa shape index (κ3) is 4.04. The fourth-order valence-electron chi connectivity index (χ4n) is 1.71. The lowest BCUT2D eigenvalue weighted by atomic mass is 10.2. The number of rotatable bonds is 5. The van der Waals surface area contributed by atoms with Crippen LogP contribution in [0.1, 0.15) is 11.8 Å². The monoisotopic (exact) mass is 285 g/mol. The minimum atomic E-state index is -0.914. The minimum Gasteiger partial charge on any atom is -0.494 e. The number of nitrogens with two attached hydrogens (primary N) is 1. The van der Waals surface area contributed by atoms with Gasteiger partial charge in [-0.1, -0.05) is 42.5 Å². The van der Waals surface area contributed by atoms with Gasteiger partial charge in [-0.2, -0.15) is 0 Å². The molecule has 21 heavy (non-hydrogen) atoms. The Labute approximate surface area is 122 Å². The van der Waals surface area contributed by atoms with E-state index in [4.69, 9.17) is 15.2 Å². The summed E-state index contributed by atoms with van der Waals surface area (Å²) in [6.45, 7) is 0. The summed E-state index contributed by atoms with van der Waals surface area (Å²) in [5.41, 5.74) is 6.28. The summed E-state index contributed by atoms with van der Waals surface area (Å²) in [4.78, 5) is 11.0. The van der Waals surface area contributed by atoms with Gasteiger partial charge in [-0.15, -0.1) is 10.2 Å². The number of methoxy groups -OCH3 is 1. The van der Waals surface area contributed by atoms with Gasteiger partial charge in [0, 0.05) is 5.56 Å². The summed E-state index contributed by atoms with van der Waals surface area (Å²) < 4.78 is 10.1. The molecule has 0 aliphatic rings. The number of nitrogens with zero attached hydrogens (tertiary/aromatic N) is 2. The molecular formula is C15H15N3O3. The predicted molar refractivity (Wildman–Crippen MR) is 77.4 cm³/mol. The Hall–Kier alpha value is -2.89. The lowest BCUT2D eigenvalue weighted by Crippen LogP contribution is -2.16. The largest absolute Gasteiger partial charge is 0.494 e. The average molecular weight is 285 g/mol. The van der Waals surface area contributed by atoms with Crippen molar-refractivity contribution in [1.29, 1.82) is 0 Å². The van der Waals surface area contributed by atoms with Crippen molar-refractivity contribution in [3.63, 3.8) is 0 Å². The van der Waals surface area contributed by atoms with Gasteiger partial charge in [0.15, 0.2) is 0 Å². The second-order valence-electron chi connectivity index (χ2n) is 4.09. The van der Waals surface area contributed by atoms with Crippen LogP contribution < -0.4 is 10.5 Å². The Bertz CT molecular complexity index is 629. The smallest absolute Gasteiger partial charge is 0.406 e. The number of azo groups is 1. The summed E-state index contributed by atoms with van der Waals surface area (Å²) in [7, 11) is 1.54. The highest BCUT2D eigenvalue weighted by Gasteiger charge is 2.14. The summed E-state index contributed by atoms with van der Waals surface area (Å²) in [5.74, 6) is 0.576.